The summed E-state index contributed by atoms with van der Waals surface area (Å²) in [6, 6.07) is 18.2. The minimum atomic E-state index is -3.71. The van der Waals surface area contributed by atoms with Gasteiger partial charge in [-0.05, 0) is 55.5 Å². The van der Waals surface area contributed by atoms with E-state index >= 15 is 0 Å². The van der Waals surface area contributed by atoms with E-state index in [2.05, 4.69) is 15.7 Å². The molecule has 0 radical (unpaired) electrons. The number of halogens is 3. The van der Waals surface area contributed by atoms with E-state index in [9.17, 15) is 18.0 Å². The highest BCUT2D eigenvalue weighted by molar-refractivity contribution is 7.89. The number of hydrogen-bond donors (Lipinski definition) is 3. The Morgan fingerprint density at radius 2 is 1.64 bits per heavy atom. The Bertz CT molecular complexity index is 1670. The predicted molar refractivity (Wildman–Crippen MR) is 153 cm³/mol. The first kappa shape index (κ1) is 28.6. The summed E-state index contributed by atoms with van der Waals surface area (Å²) in [5.41, 5.74) is 3.18. The Labute approximate surface area is 239 Å². The Morgan fingerprint density at radius 3 is 2.31 bits per heavy atom. The first-order chi connectivity index (χ1) is 18.4. The van der Waals surface area contributed by atoms with Gasteiger partial charge in [0.05, 0.1) is 22.2 Å². The van der Waals surface area contributed by atoms with Gasteiger partial charge in [0.1, 0.15) is 0 Å². The number of nitrogens with two attached hydrogens (primary N) is 1. The number of primary sulfonamides is 1. The second-order valence-corrected chi connectivity index (χ2v) is 11.5. The van der Waals surface area contributed by atoms with Gasteiger partial charge in [0.25, 0.3) is 11.8 Å². The van der Waals surface area contributed by atoms with Gasteiger partial charge in [-0.15, -0.1) is 0 Å². The molecule has 9 nitrogen and oxygen atoms in total. The lowest BCUT2D eigenvalue weighted by Crippen LogP contribution is -2.31. The normalized spacial score (nSPS) is 11.3. The minimum absolute atomic E-state index is 0.133. The molecule has 0 bridgehead atoms. The van der Waals surface area contributed by atoms with Crippen LogP contribution in [0, 0.1) is 6.92 Å². The quantitative estimate of drug-likeness (QED) is 0.257. The number of sulfonamides is 1. The summed E-state index contributed by atoms with van der Waals surface area (Å²) in [4.78, 5) is 25.8. The van der Waals surface area contributed by atoms with Crippen LogP contribution in [0.5, 0.6) is 0 Å². The molecule has 39 heavy (non-hydrogen) atoms. The van der Waals surface area contributed by atoms with Gasteiger partial charge >= 0.3 is 0 Å². The fourth-order valence-corrected chi connectivity index (χ4v) is 4.82. The van der Waals surface area contributed by atoms with Crippen molar-refractivity contribution in [3.05, 3.63) is 98.6 Å². The van der Waals surface area contributed by atoms with Gasteiger partial charge < -0.3 is 10.6 Å². The number of anilines is 1. The average Bonchev–Trinajstić information content (AvgIpc) is 3.20. The van der Waals surface area contributed by atoms with Crippen LogP contribution >= 0.6 is 34.8 Å². The maximum Gasteiger partial charge on any atom is 0.276 e. The Morgan fingerprint density at radius 1 is 0.949 bits per heavy atom. The third-order valence-electron chi connectivity index (χ3n) is 5.65. The van der Waals surface area contributed by atoms with E-state index < -0.39 is 27.6 Å². The number of amides is 2. The second-order valence-electron chi connectivity index (χ2n) is 8.49. The number of hydrogen-bond acceptors (Lipinski definition) is 5. The molecular weight excluding hydrogens is 585 g/mol. The number of carbonyl (C=O) groups excluding carboxylic acids is 2. The van der Waals surface area contributed by atoms with E-state index in [4.69, 9.17) is 39.9 Å². The van der Waals surface area contributed by atoms with E-state index in [-0.39, 0.29) is 17.8 Å². The molecular formula is C26H22Cl3N5O4S. The third-order valence-corrected chi connectivity index (χ3v) is 7.21. The molecule has 1 heterocycles. The highest BCUT2D eigenvalue weighted by Crippen LogP contribution is 2.33. The van der Waals surface area contributed by atoms with Crippen LogP contribution in [0.2, 0.25) is 15.1 Å². The van der Waals surface area contributed by atoms with Crippen LogP contribution in [0.1, 0.15) is 26.4 Å². The van der Waals surface area contributed by atoms with Crippen molar-refractivity contribution in [1.82, 2.24) is 15.1 Å². The number of nitrogens with zero attached hydrogens (tertiary/aromatic N) is 2. The van der Waals surface area contributed by atoms with Crippen LogP contribution in [-0.4, -0.2) is 42.3 Å². The molecule has 0 unspecified atom stereocenters. The molecule has 4 aromatic rings. The Balaban J connectivity index is 1.66. The Kier molecular flexibility index (Phi) is 8.63. The summed E-state index contributed by atoms with van der Waals surface area (Å²) in [7, 11) is -3.71. The summed E-state index contributed by atoms with van der Waals surface area (Å²) >= 11 is 18.7. The fourth-order valence-electron chi connectivity index (χ4n) is 3.82. The van der Waals surface area contributed by atoms with Crippen molar-refractivity contribution in [2.45, 2.75) is 6.92 Å². The van der Waals surface area contributed by atoms with Gasteiger partial charge in [-0.2, -0.15) is 5.10 Å². The maximum absolute atomic E-state index is 13.4. The van der Waals surface area contributed by atoms with E-state index in [0.29, 0.717) is 37.7 Å². The molecule has 0 atom stereocenters. The SMILES string of the molecule is Cc1c(C(=O)Nc2cccc(C(=O)NCCS(N)(=O)=O)c2)nn(-c2ccc(Cl)cc2Cl)c1-c1ccc(Cl)cc1. The van der Waals surface area contributed by atoms with Crippen molar-refractivity contribution in [2.75, 3.05) is 17.6 Å². The lowest BCUT2D eigenvalue weighted by molar-refractivity contribution is 0.0954. The van der Waals surface area contributed by atoms with Gasteiger partial charge in [0.2, 0.25) is 10.0 Å². The maximum atomic E-state index is 13.4. The lowest BCUT2D eigenvalue weighted by atomic mass is 10.1. The number of aromatic nitrogens is 2. The van der Waals surface area contributed by atoms with Crippen molar-refractivity contribution in [3.8, 4) is 16.9 Å². The lowest BCUT2D eigenvalue weighted by Gasteiger charge is -2.11. The van der Waals surface area contributed by atoms with Gasteiger partial charge in [0, 0.05) is 39.0 Å². The summed E-state index contributed by atoms with van der Waals surface area (Å²) in [5, 5.41) is 16.1. The van der Waals surface area contributed by atoms with Crippen LogP contribution in [-0.2, 0) is 10.0 Å². The first-order valence-electron chi connectivity index (χ1n) is 11.4. The molecule has 0 aliphatic rings. The molecule has 0 aliphatic heterocycles. The zero-order valence-electron chi connectivity index (χ0n) is 20.4. The van der Waals surface area contributed by atoms with Crippen LogP contribution in [0.4, 0.5) is 5.69 Å². The molecule has 202 valence electrons. The van der Waals surface area contributed by atoms with Crippen molar-refractivity contribution >= 4 is 62.3 Å². The molecule has 0 saturated heterocycles. The van der Waals surface area contributed by atoms with Gasteiger partial charge in [-0.3, -0.25) is 9.59 Å². The summed E-state index contributed by atoms with van der Waals surface area (Å²) in [6.07, 6.45) is 0. The fraction of sp³-hybridized carbons (Fsp3) is 0.115. The van der Waals surface area contributed by atoms with Gasteiger partial charge in [-0.25, -0.2) is 18.2 Å². The molecule has 0 fully saturated rings. The highest BCUT2D eigenvalue weighted by atomic mass is 35.5. The first-order valence-corrected chi connectivity index (χ1v) is 14.3. The van der Waals surface area contributed by atoms with E-state index in [0.717, 1.165) is 5.56 Å². The van der Waals surface area contributed by atoms with Crippen LogP contribution < -0.4 is 15.8 Å². The third kappa shape index (κ3) is 6.97. The monoisotopic (exact) mass is 605 g/mol. The molecule has 1 aromatic heterocycles. The second kappa shape index (κ2) is 11.8. The molecule has 4 N–H and O–H groups in total. The number of benzene rings is 3. The van der Waals surface area contributed by atoms with Crippen LogP contribution in [0.25, 0.3) is 16.9 Å². The van der Waals surface area contributed by atoms with Crippen LogP contribution in [0.3, 0.4) is 0 Å². The van der Waals surface area contributed by atoms with Gasteiger partial charge in [-0.1, -0.05) is 53.0 Å². The largest absolute Gasteiger partial charge is 0.351 e. The molecule has 13 heteroatoms. The van der Waals surface area contributed by atoms with Crippen molar-refractivity contribution < 1.29 is 18.0 Å². The van der Waals surface area contributed by atoms with Crippen LogP contribution in [0.15, 0.2) is 66.7 Å². The zero-order chi connectivity index (χ0) is 28.3. The summed E-state index contributed by atoms with van der Waals surface area (Å²) in [6.45, 7) is 1.62. The van der Waals surface area contributed by atoms with E-state index in [1.165, 1.54) is 12.1 Å². The highest BCUT2D eigenvalue weighted by Gasteiger charge is 2.23. The average molecular weight is 607 g/mol. The number of carbonyl (C=O) groups is 2. The molecule has 4 rings (SSSR count). The number of rotatable bonds is 8. The molecule has 0 saturated carbocycles. The molecule has 2 amide bonds. The molecule has 3 aromatic carbocycles. The van der Waals surface area contributed by atoms with E-state index in [1.54, 1.807) is 54.1 Å². The topological polar surface area (TPSA) is 136 Å². The van der Waals surface area contributed by atoms with Crippen molar-refractivity contribution in [3.63, 3.8) is 0 Å². The molecule has 0 aliphatic carbocycles. The minimum Gasteiger partial charge on any atom is -0.351 e. The predicted octanol–water partition coefficient (Wildman–Crippen LogP) is 5.08. The number of nitrogens with one attached hydrogen (secondary N) is 2. The summed E-state index contributed by atoms with van der Waals surface area (Å²) < 4.78 is 23.8. The van der Waals surface area contributed by atoms with Gasteiger partial charge in [0.15, 0.2) is 5.69 Å². The zero-order valence-corrected chi connectivity index (χ0v) is 23.5. The smallest absolute Gasteiger partial charge is 0.276 e. The van der Waals surface area contributed by atoms with Crippen molar-refractivity contribution in [1.29, 1.82) is 0 Å². The van der Waals surface area contributed by atoms with Crippen molar-refractivity contribution in [2.24, 2.45) is 5.14 Å². The molecule has 0 spiro atoms. The summed E-state index contributed by atoms with van der Waals surface area (Å²) in [5.74, 6) is -1.43. The van der Waals surface area contributed by atoms with E-state index in [1.807, 2.05) is 12.1 Å². The standard InChI is InChI=1S/C26H22Cl3N5O4S/c1-15-23(26(36)32-20-4-2-3-17(13-20)25(35)31-11-12-39(30,37)38)33-34(22-10-9-19(28)14-21(22)29)24(15)16-5-7-18(27)8-6-16/h2-10,13-14H,11-12H2,1H3,(H,31,35)(H,32,36)(H2,30,37,38). The Hall–Kier alpha value is -3.41.